The van der Waals surface area contributed by atoms with Gasteiger partial charge in [0, 0.05) is 31.1 Å². The van der Waals surface area contributed by atoms with Gasteiger partial charge in [0.15, 0.2) is 0 Å². The van der Waals surface area contributed by atoms with Crippen molar-refractivity contribution in [1.82, 2.24) is 15.1 Å². The van der Waals surface area contributed by atoms with E-state index in [0.717, 1.165) is 22.6 Å². The van der Waals surface area contributed by atoms with E-state index in [9.17, 15) is 0 Å². The predicted octanol–water partition coefficient (Wildman–Crippen LogP) is 2.77. The molecule has 2 aliphatic rings. The average Bonchev–Trinajstić information content (AvgIpc) is 2.99. The molecule has 2 atom stereocenters. The number of likely N-dealkylation sites (tertiary alicyclic amines) is 1. The largest absolute Gasteiger partial charge is 0.356 e. The van der Waals surface area contributed by atoms with Crippen molar-refractivity contribution in [3.63, 3.8) is 0 Å². The Kier molecular flexibility index (Phi) is 3.76. The van der Waals surface area contributed by atoms with Crippen LogP contribution in [0.1, 0.15) is 45.0 Å². The van der Waals surface area contributed by atoms with E-state index in [1.807, 2.05) is 0 Å². The van der Waals surface area contributed by atoms with Crippen LogP contribution in [0.5, 0.6) is 0 Å². The molecule has 0 aromatic carbocycles. The van der Waals surface area contributed by atoms with Gasteiger partial charge in [0.05, 0.1) is 0 Å². The number of hydrogen-bond donors (Lipinski definition) is 1. The number of rotatable bonds is 5. The quantitative estimate of drug-likeness (QED) is 0.900. The van der Waals surface area contributed by atoms with Crippen molar-refractivity contribution < 1.29 is 0 Å². The first-order valence-corrected chi connectivity index (χ1v) is 8.28. The van der Waals surface area contributed by atoms with Gasteiger partial charge in [-0.2, -0.15) is 0 Å². The van der Waals surface area contributed by atoms with Crippen molar-refractivity contribution in [2.24, 2.45) is 5.92 Å². The molecule has 1 aliphatic carbocycles. The summed E-state index contributed by atoms with van der Waals surface area (Å²) in [5.41, 5.74) is 0. The lowest BCUT2D eigenvalue weighted by atomic mass is 10.1. The number of nitrogens with one attached hydrogen (secondary N) is 1. The van der Waals surface area contributed by atoms with E-state index in [4.69, 9.17) is 0 Å². The third kappa shape index (κ3) is 3.26. The molecule has 0 radical (unpaired) electrons. The van der Waals surface area contributed by atoms with Crippen LogP contribution in [-0.4, -0.2) is 39.8 Å². The van der Waals surface area contributed by atoms with Gasteiger partial charge in [-0.15, -0.1) is 10.2 Å². The highest BCUT2D eigenvalue weighted by Crippen LogP contribution is 2.34. The minimum atomic E-state index is 0.551. The zero-order valence-electron chi connectivity index (χ0n) is 12.1. The molecule has 0 amide bonds. The molecule has 1 saturated heterocycles. The van der Waals surface area contributed by atoms with Crippen molar-refractivity contribution in [2.45, 2.75) is 64.6 Å². The Labute approximate surface area is 119 Å². The maximum Gasteiger partial charge on any atom is 0.205 e. The molecule has 2 heterocycles. The average molecular weight is 280 g/mol. The first-order chi connectivity index (χ1) is 9.11. The van der Waals surface area contributed by atoms with Gasteiger partial charge < -0.3 is 5.32 Å². The van der Waals surface area contributed by atoms with Crippen molar-refractivity contribution in [3.8, 4) is 0 Å². The number of nitrogens with zero attached hydrogens (tertiary/aromatic N) is 3. The summed E-state index contributed by atoms with van der Waals surface area (Å²) >= 11 is 1.72. The smallest absolute Gasteiger partial charge is 0.205 e. The Bertz CT molecular complexity index is 427. The molecule has 5 heteroatoms. The standard InChI is InChI=1S/C14H24N4S/c1-9(2)6-13-16-17-14(19-13)15-11-7-10(3)18(8-11)12-4-5-12/h9-12H,4-8H2,1-3H3,(H,15,17). The third-order valence-corrected chi connectivity index (χ3v) is 4.89. The van der Waals surface area contributed by atoms with Crippen LogP contribution in [0, 0.1) is 5.92 Å². The topological polar surface area (TPSA) is 41.1 Å². The summed E-state index contributed by atoms with van der Waals surface area (Å²) in [5, 5.41) is 14.3. The van der Waals surface area contributed by atoms with E-state index in [-0.39, 0.29) is 0 Å². The van der Waals surface area contributed by atoms with Crippen LogP contribution in [-0.2, 0) is 6.42 Å². The summed E-state index contributed by atoms with van der Waals surface area (Å²) in [6.07, 6.45) is 5.06. The molecule has 1 aliphatic heterocycles. The molecule has 3 rings (SSSR count). The fraction of sp³-hybridized carbons (Fsp3) is 0.857. The number of anilines is 1. The minimum Gasteiger partial charge on any atom is -0.356 e. The highest BCUT2D eigenvalue weighted by molar-refractivity contribution is 7.15. The number of hydrogen-bond acceptors (Lipinski definition) is 5. The van der Waals surface area contributed by atoms with Crippen molar-refractivity contribution in [2.75, 3.05) is 11.9 Å². The lowest BCUT2D eigenvalue weighted by Crippen LogP contribution is -2.30. The van der Waals surface area contributed by atoms with Gasteiger partial charge in [-0.25, -0.2) is 0 Å². The molecule has 1 N–H and O–H groups in total. The fourth-order valence-electron chi connectivity index (χ4n) is 2.99. The highest BCUT2D eigenvalue weighted by Gasteiger charge is 2.38. The summed E-state index contributed by atoms with van der Waals surface area (Å²) in [6, 6.07) is 2.14. The first-order valence-electron chi connectivity index (χ1n) is 7.46. The molecular weight excluding hydrogens is 256 g/mol. The van der Waals surface area contributed by atoms with E-state index in [0.29, 0.717) is 18.0 Å². The highest BCUT2D eigenvalue weighted by atomic mass is 32.1. The van der Waals surface area contributed by atoms with Gasteiger partial charge in [0.25, 0.3) is 0 Å². The zero-order chi connectivity index (χ0) is 13.4. The molecule has 1 aromatic heterocycles. The molecule has 0 spiro atoms. The van der Waals surface area contributed by atoms with Crippen molar-refractivity contribution in [3.05, 3.63) is 5.01 Å². The summed E-state index contributed by atoms with van der Waals surface area (Å²) < 4.78 is 0. The molecule has 0 bridgehead atoms. The summed E-state index contributed by atoms with van der Waals surface area (Å²) in [7, 11) is 0. The van der Waals surface area contributed by atoms with E-state index < -0.39 is 0 Å². The second kappa shape index (κ2) is 5.37. The molecule has 1 saturated carbocycles. The summed E-state index contributed by atoms with van der Waals surface area (Å²) in [4.78, 5) is 2.66. The van der Waals surface area contributed by atoms with E-state index >= 15 is 0 Å². The Morgan fingerprint density at radius 3 is 2.84 bits per heavy atom. The summed E-state index contributed by atoms with van der Waals surface area (Å²) in [6.45, 7) is 7.97. The molecular formula is C14H24N4S. The molecule has 2 fully saturated rings. The SMILES string of the molecule is CC(C)Cc1nnc(NC2CC(C)N(C3CC3)C2)s1. The molecule has 19 heavy (non-hydrogen) atoms. The zero-order valence-corrected chi connectivity index (χ0v) is 12.9. The van der Waals surface area contributed by atoms with Gasteiger partial charge in [-0.3, -0.25) is 4.90 Å². The van der Waals surface area contributed by atoms with Gasteiger partial charge in [-0.1, -0.05) is 25.2 Å². The maximum atomic E-state index is 4.28. The third-order valence-electron chi connectivity index (χ3n) is 4.02. The Morgan fingerprint density at radius 1 is 1.37 bits per heavy atom. The van der Waals surface area contributed by atoms with Crippen LogP contribution in [0.3, 0.4) is 0 Å². The van der Waals surface area contributed by atoms with Crippen LogP contribution in [0.25, 0.3) is 0 Å². The van der Waals surface area contributed by atoms with E-state index in [2.05, 4.69) is 41.2 Å². The molecule has 1 aromatic rings. The monoisotopic (exact) mass is 280 g/mol. The van der Waals surface area contributed by atoms with Gasteiger partial charge in [0.1, 0.15) is 5.01 Å². The van der Waals surface area contributed by atoms with Crippen LogP contribution in [0.15, 0.2) is 0 Å². The normalized spacial score (nSPS) is 28.2. The van der Waals surface area contributed by atoms with Gasteiger partial charge in [-0.05, 0) is 32.1 Å². The van der Waals surface area contributed by atoms with E-state index in [1.165, 1.54) is 25.8 Å². The molecule has 106 valence electrons. The van der Waals surface area contributed by atoms with Crippen molar-refractivity contribution >= 4 is 16.5 Å². The van der Waals surface area contributed by atoms with Gasteiger partial charge >= 0.3 is 0 Å². The number of aromatic nitrogens is 2. The lowest BCUT2D eigenvalue weighted by Gasteiger charge is -2.19. The minimum absolute atomic E-state index is 0.551. The molecule has 4 nitrogen and oxygen atoms in total. The lowest BCUT2D eigenvalue weighted by molar-refractivity contribution is 0.257. The Balaban J connectivity index is 1.55. The predicted molar refractivity (Wildman–Crippen MR) is 79.7 cm³/mol. The van der Waals surface area contributed by atoms with Crippen LogP contribution in [0.2, 0.25) is 0 Å². The second-order valence-corrected chi connectivity index (χ2v) is 7.51. The van der Waals surface area contributed by atoms with Crippen LogP contribution < -0.4 is 5.32 Å². The van der Waals surface area contributed by atoms with Gasteiger partial charge in [0.2, 0.25) is 5.13 Å². The fourth-order valence-corrected chi connectivity index (χ4v) is 4.02. The molecule has 2 unspecified atom stereocenters. The second-order valence-electron chi connectivity index (χ2n) is 6.45. The van der Waals surface area contributed by atoms with Crippen molar-refractivity contribution in [1.29, 1.82) is 0 Å². The van der Waals surface area contributed by atoms with Crippen LogP contribution in [0.4, 0.5) is 5.13 Å². The maximum absolute atomic E-state index is 4.28. The van der Waals surface area contributed by atoms with E-state index in [1.54, 1.807) is 11.3 Å². The first kappa shape index (κ1) is 13.3. The Morgan fingerprint density at radius 2 is 2.16 bits per heavy atom. The summed E-state index contributed by atoms with van der Waals surface area (Å²) in [5.74, 6) is 0.651. The van der Waals surface area contributed by atoms with Crippen LogP contribution >= 0.6 is 11.3 Å². The Hall–Kier alpha value is -0.680.